The van der Waals surface area contributed by atoms with Crippen molar-refractivity contribution in [3.05, 3.63) is 29.7 Å². The van der Waals surface area contributed by atoms with E-state index in [1.54, 1.807) is 40.0 Å². The zero-order valence-corrected chi connectivity index (χ0v) is 21.2. The first-order valence-corrected chi connectivity index (χ1v) is 12.3. The molecule has 0 unspecified atom stereocenters. The molecule has 9 nitrogen and oxygen atoms in total. The number of hydrogen-bond donors (Lipinski definition) is 2. The number of hydrogen-bond acceptors (Lipinski definition) is 5. The van der Waals surface area contributed by atoms with Crippen LogP contribution in [0.3, 0.4) is 0 Å². The van der Waals surface area contributed by atoms with Crippen molar-refractivity contribution in [2.45, 2.75) is 82.9 Å². The molecular weight excluding hydrogens is 496 g/mol. The smallest absolute Gasteiger partial charge is 0.408 e. The van der Waals surface area contributed by atoms with E-state index in [0.717, 1.165) is 4.90 Å². The predicted octanol–water partition coefficient (Wildman–Crippen LogP) is 4.84. The Labute approximate surface area is 211 Å². The second-order valence-corrected chi connectivity index (χ2v) is 10.9. The molecule has 1 aliphatic carbocycles. The average molecular weight is 529 g/mol. The van der Waals surface area contributed by atoms with E-state index in [4.69, 9.17) is 4.74 Å². The first-order valence-electron chi connectivity index (χ1n) is 12.3. The minimum absolute atomic E-state index is 0.190. The highest BCUT2D eigenvalue weighted by Gasteiger charge is 2.42. The summed E-state index contributed by atoms with van der Waals surface area (Å²) in [5, 5.41) is 9.31. The lowest BCUT2D eigenvalue weighted by Crippen LogP contribution is -2.57. The number of aromatic nitrogens is 3. The lowest BCUT2D eigenvalue weighted by atomic mass is 9.81. The first kappa shape index (κ1) is 26.9. The third-order valence-corrected chi connectivity index (χ3v) is 6.69. The lowest BCUT2D eigenvalue weighted by Gasteiger charge is -2.36. The van der Waals surface area contributed by atoms with E-state index in [0.29, 0.717) is 16.9 Å². The van der Waals surface area contributed by atoms with Crippen molar-refractivity contribution in [3.63, 3.8) is 0 Å². The van der Waals surface area contributed by atoms with Gasteiger partial charge in [0, 0.05) is 12.8 Å². The Kier molecular flexibility index (Phi) is 7.02. The fraction of sp³-hybridized carbons (Fsp3) is 0.667. The predicted molar refractivity (Wildman–Crippen MR) is 125 cm³/mol. The number of alkyl carbamates (subject to hydrolysis) is 1. The average Bonchev–Trinajstić information content (AvgIpc) is 3.21. The topological polar surface area (TPSA) is 101 Å². The first-order chi connectivity index (χ1) is 17.1. The molecule has 2 fully saturated rings. The van der Waals surface area contributed by atoms with Crippen LogP contribution in [0.5, 0.6) is 0 Å². The monoisotopic (exact) mass is 528 g/mol. The van der Waals surface area contributed by atoms with Gasteiger partial charge in [0.1, 0.15) is 5.60 Å². The van der Waals surface area contributed by atoms with Gasteiger partial charge < -0.3 is 20.3 Å². The van der Waals surface area contributed by atoms with Crippen LogP contribution in [-0.2, 0) is 4.74 Å². The van der Waals surface area contributed by atoms with Crippen LogP contribution in [-0.4, -0.2) is 62.2 Å². The van der Waals surface area contributed by atoms with Gasteiger partial charge >= 0.3 is 12.1 Å². The highest BCUT2D eigenvalue weighted by molar-refractivity contribution is 5.76. The fourth-order valence-electron chi connectivity index (χ4n) is 4.73. The maximum absolute atomic E-state index is 13.9. The molecule has 2 N–H and O–H groups in total. The van der Waals surface area contributed by atoms with Crippen LogP contribution in [0.15, 0.2) is 18.5 Å². The molecule has 1 saturated carbocycles. The number of imidazole rings is 1. The second kappa shape index (κ2) is 9.64. The van der Waals surface area contributed by atoms with E-state index in [1.807, 2.05) is 0 Å². The van der Waals surface area contributed by atoms with Gasteiger partial charge in [0.25, 0.3) is 5.92 Å². The molecule has 1 saturated heterocycles. The molecule has 3 heterocycles. The van der Waals surface area contributed by atoms with E-state index in [2.05, 4.69) is 20.7 Å². The Bertz CT molecular complexity index is 1160. The van der Waals surface area contributed by atoms with Gasteiger partial charge in [-0.2, -0.15) is 5.10 Å². The molecule has 0 aromatic carbocycles. The summed E-state index contributed by atoms with van der Waals surface area (Å²) in [4.78, 5) is 30.4. The summed E-state index contributed by atoms with van der Waals surface area (Å²) in [6.07, 6.45) is 2.16. The minimum Gasteiger partial charge on any atom is -0.444 e. The summed E-state index contributed by atoms with van der Waals surface area (Å²) in [5.74, 6) is -6.09. The molecule has 0 radical (unpaired) electrons. The number of alkyl halides is 4. The number of rotatable bonds is 5. The van der Waals surface area contributed by atoms with Crippen molar-refractivity contribution in [2.75, 3.05) is 13.1 Å². The lowest BCUT2D eigenvalue weighted by molar-refractivity contribution is -0.0500. The Morgan fingerprint density at radius 1 is 1.22 bits per heavy atom. The maximum atomic E-state index is 13.9. The van der Waals surface area contributed by atoms with Crippen LogP contribution in [0.1, 0.15) is 76.7 Å². The largest absolute Gasteiger partial charge is 0.444 e. The van der Waals surface area contributed by atoms with Gasteiger partial charge in [-0.25, -0.2) is 36.7 Å². The molecule has 204 valence electrons. The Hall–Kier alpha value is -3.12. The Balaban J connectivity index is 1.60. The van der Waals surface area contributed by atoms with E-state index < -0.39 is 54.7 Å². The third kappa shape index (κ3) is 6.42. The van der Waals surface area contributed by atoms with Crippen LogP contribution in [0.25, 0.3) is 5.65 Å². The van der Waals surface area contributed by atoms with E-state index >= 15 is 0 Å². The number of halogens is 4. The van der Waals surface area contributed by atoms with Crippen molar-refractivity contribution >= 4 is 17.8 Å². The number of carbonyl (C=O) groups is 2. The number of carbonyl (C=O) groups excluding carboxylic acids is 2. The second-order valence-electron chi connectivity index (χ2n) is 10.9. The summed E-state index contributed by atoms with van der Waals surface area (Å²) < 4.78 is 62.3. The molecule has 4 rings (SSSR count). The highest BCUT2D eigenvalue weighted by Crippen LogP contribution is 2.41. The number of amides is 3. The summed E-state index contributed by atoms with van der Waals surface area (Å²) >= 11 is 0. The normalized spacial score (nSPS) is 21.8. The van der Waals surface area contributed by atoms with Crippen molar-refractivity contribution in [1.82, 2.24) is 30.1 Å². The zero-order chi connectivity index (χ0) is 27.2. The Morgan fingerprint density at radius 3 is 2.54 bits per heavy atom. The summed E-state index contributed by atoms with van der Waals surface area (Å²) in [7, 11) is 0. The SMILES string of the molecule is C[C@@H](c1cnn2cc([C@@H](NC(=O)OC(C)(C)C)C3CCC(F)(F)CC3)nc2c1)N1CC(F)(F)CNC1=O. The highest BCUT2D eigenvalue weighted by atomic mass is 19.3. The van der Waals surface area contributed by atoms with Gasteiger partial charge in [0.05, 0.1) is 43.3 Å². The van der Waals surface area contributed by atoms with Gasteiger partial charge in [-0.1, -0.05) is 0 Å². The van der Waals surface area contributed by atoms with Crippen LogP contribution < -0.4 is 10.6 Å². The van der Waals surface area contributed by atoms with Crippen molar-refractivity contribution in [1.29, 1.82) is 0 Å². The molecule has 2 aromatic heterocycles. The molecule has 37 heavy (non-hydrogen) atoms. The van der Waals surface area contributed by atoms with Gasteiger partial charge in [0.2, 0.25) is 5.92 Å². The molecule has 3 amide bonds. The fourth-order valence-corrected chi connectivity index (χ4v) is 4.73. The zero-order valence-electron chi connectivity index (χ0n) is 21.2. The van der Waals surface area contributed by atoms with Crippen LogP contribution in [0.4, 0.5) is 27.2 Å². The van der Waals surface area contributed by atoms with Crippen molar-refractivity contribution in [3.8, 4) is 0 Å². The third-order valence-electron chi connectivity index (χ3n) is 6.69. The number of fused-ring (bicyclic) bond motifs is 1. The van der Waals surface area contributed by atoms with Crippen LogP contribution in [0.2, 0.25) is 0 Å². The van der Waals surface area contributed by atoms with Gasteiger partial charge in [-0.05, 0) is 58.1 Å². The standard InChI is InChI=1S/C24H32F4N6O3/c1-14(33-13-24(27,28)12-29-20(33)35)16-9-18-31-17(11-34(18)30-10-16)19(32-21(36)37-22(2,3)4)15-5-7-23(25,26)8-6-15/h9-11,14-15,19H,5-8,12-13H2,1-4H3,(H,29,35)(H,32,36)/t14-,19-/m0/s1. The van der Waals surface area contributed by atoms with Gasteiger partial charge in [-0.3, -0.25) is 0 Å². The summed E-state index contributed by atoms with van der Waals surface area (Å²) in [6.45, 7) is 5.35. The van der Waals surface area contributed by atoms with E-state index in [9.17, 15) is 27.2 Å². The van der Waals surface area contributed by atoms with Crippen LogP contribution in [0, 0.1) is 5.92 Å². The molecule has 0 spiro atoms. The van der Waals surface area contributed by atoms with Gasteiger partial charge in [-0.15, -0.1) is 0 Å². The Morgan fingerprint density at radius 2 is 1.89 bits per heavy atom. The molecule has 2 aliphatic rings. The van der Waals surface area contributed by atoms with E-state index in [-0.39, 0.29) is 31.6 Å². The summed E-state index contributed by atoms with van der Waals surface area (Å²) in [6, 6.07) is -0.376. The molecule has 1 aliphatic heterocycles. The molecule has 2 atom stereocenters. The van der Waals surface area contributed by atoms with Crippen molar-refractivity contribution < 1.29 is 31.9 Å². The number of nitrogens with zero attached hydrogens (tertiary/aromatic N) is 4. The van der Waals surface area contributed by atoms with Crippen molar-refractivity contribution in [2.24, 2.45) is 5.92 Å². The molecule has 13 heteroatoms. The van der Waals surface area contributed by atoms with Crippen LogP contribution >= 0.6 is 0 Å². The molecule has 0 bridgehead atoms. The minimum atomic E-state index is -3.06. The summed E-state index contributed by atoms with van der Waals surface area (Å²) in [5.41, 5.74) is 0.518. The van der Waals surface area contributed by atoms with Gasteiger partial charge in [0.15, 0.2) is 5.65 Å². The number of urea groups is 1. The number of ether oxygens (including phenoxy) is 1. The maximum Gasteiger partial charge on any atom is 0.408 e. The molecule has 2 aromatic rings. The quantitative estimate of drug-likeness (QED) is 0.541. The number of nitrogens with one attached hydrogen (secondary N) is 2. The van der Waals surface area contributed by atoms with E-state index in [1.165, 1.54) is 10.7 Å². The molecular formula is C24H32F4N6O3.